The van der Waals surface area contributed by atoms with E-state index in [4.69, 9.17) is 9.47 Å². The van der Waals surface area contributed by atoms with Crippen molar-refractivity contribution in [1.29, 1.82) is 0 Å². The molecule has 0 aliphatic rings. The van der Waals surface area contributed by atoms with E-state index in [0.717, 1.165) is 11.3 Å². The molecule has 0 aliphatic heterocycles. The Bertz CT molecular complexity index is 866. The molecular formula is C20H25N3O5S. The molecule has 0 saturated heterocycles. The molecule has 0 bridgehead atoms. The van der Waals surface area contributed by atoms with Crippen LogP contribution < -0.4 is 16.0 Å². The van der Waals surface area contributed by atoms with Gasteiger partial charge in [0.25, 0.3) is 0 Å². The minimum absolute atomic E-state index is 0.00288. The van der Waals surface area contributed by atoms with Crippen LogP contribution in [0.3, 0.4) is 0 Å². The summed E-state index contributed by atoms with van der Waals surface area (Å²) in [6, 6.07) is 8.74. The van der Waals surface area contributed by atoms with Gasteiger partial charge in [0.05, 0.1) is 18.7 Å². The van der Waals surface area contributed by atoms with Crippen molar-refractivity contribution in [3.05, 3.63) is 40.8 Å². The fourth-order valence-corrected chi connectivity index (χ4v) is 3.46. The number of methoxy groups -OCH3 is 1. The van der Waals surface area contributed by atoms with Crippen LogP contribution in [0, 0.1) is 0 Å². The van der Waals surface area contributed by atoms with Gasteiger partial charge in [-0.3, -0.25) is 9.59 Å². The number of hydrogen-bond donors (Lipinski definition) is 3. The first-order chi connectivity index (χ1) is 14.0. The van der Waals surface area contributed by atoms with Crippen LogP contribution in [0.2, 0.25) is 0 Å². The van der Waals surface area contributed by atoms with E-state index >= 15 is 0 Å². The summed E-state index contributed by atoms with van der Waals surface area (Å²) in [5, 5.41) is 8.94. The number of carbonyl (C=O) groups is 3. The largest absolute Gasteiger partial charge is 0.462 e. The molecule has 0 atom stereocenters. The maximum Gasteiger partial charge on any atom is 0.341 e. The van der Waals surface area contributed by atoms with Crippen molar-refractivity contribution < 1.29 is 23.9 Å². The number of aryl methyl sites for hydroxylation is 1. The zero-order valence-electron chi connectivity index (χ0n) is 16.7. The lowest BCUT2D eigenvalue weighted by atomic mass is 10.2. The Morgan fingerprint density at radius 1 is 1.03 bits per heavy atom. The molecule has 3 N–H and O–H groups in total. The van der Waals surface area contributed by atoms with Crippen molar-refractivity contribution in [1.82, 2.24) is 0 Å². The minimum atomic E-state index is -0.453. The fourth-order valence-electron chi connectivity index (χ4n) is 2.46. The van der Waals surface area contributed by atoms with E-state index < -0.39 is 5.97 Å². The average molecular weight is 420 g/mol. The summed E-state index contributed by atoms with van der Waals surface area (Å²) in [5.74, 6) is -1.02. The first-order valence-electron chi connectivity index (χ1n) is 9.19. The van der Waals surface area contributed by atoms with Gasteiger partial charge in [-0.2, -0.15) is 0 Å². The van der Waals surface area contributed by atoms with E-state index in [1.165, 1.54) is 18.4 Å². The van der Waals surface area contributed by atoms with E-state index in [9.17, 15) is 14.4 Å². The lowest BCUT2D eigenvalue weighted by Crippen LogP contribution is -2.22. The molecule has 9 heteroatoms. The standard InChI is InChI=1S/C20H25N3O5S/c1-4-15-10-16(20(26)28-5-2)19(29-15)23-17(24)11-21-13-7-6-8-14(9-13)22-18(25)12-27-3/h6-10,21H,4-5,11-12H2,1-3H3,(H,22,25)(H,23,24). The fraction of sp³-hybridized carbons (Fsp3) is 0.350. The van der Waals surface area contributed by atoms with Crippen molar-refractivity contribution in [2.45, 2.75) is 20.3 Å². The van der Waals surface area contributed by atoms with Crippen LogP contribution in [0.25, 0.3) is 0 Å². The molecule has 0 saturated carbocycles. The molecular weight excluding hydrogens is 394 g/mol. The van der Waals surface area contributed by atoms with Gasteiger partial charge in [-0.1, -0.05) is 13.0 Å². The summed E-state index contributed by atoms with van der Waals surface area (Å²) >= 11 is 1.36. The zero-order chi connectivity index (χ0) is 21.2. The van der Waals surface area contributed by atoms with Crippen LogP contribution >= 0.6 is 11.3 Å². The number of amides is 2. The van der Waals surface area contributed by atoms with Gasteiger partial charge in [0.2, 0.25) is 11.8 Å². The van der Waals surface area contributed by atoms with Gasteiger partial charge in [0.1, 0.15) is 11.6 Å². The Morgan fingerprint density at radius 3 is 2.48 bits per heavy atom. The lowest BCUT2D eigenvalue weighted by Gasteiger charge is -2.10. The number of nitrogens with one attached hydrogen (secondary N) is 3. The molecule has 1 aromatic heterocycles. The lowest BCUT2D eigenvalue weighted by molar-refractivity contribution is -0.119. The molecule has 1 aromatic carbocycles. The summed E-state index contributed by atoms with van der Waals surface area (Å²) in [4.78, 5) is 37.0. The molecule has 2 aromatic rings. The highest BCUT2D eigenvalue weighted by Crippen LogP contribution is 2.29. The zero-order valence-corrected chi connectivity index (χ0v) is 17.5. The Hall–Kier alpha value is -2.91. The van der Waals surface area contributed by atoms with Gasteiger partial charge in [-0.25, -0.2) is 4.79 Å². The van der Waals surface area contributed by atoms with Gasteiger partial charge < -0.3 is 25.4 Å². The van der Waals surface area contributed by atoms with E-state index in [1.54, 1.807) is 37.3 Å². The quantitative estimate of drug-likeness (QED) is 0.511. The van der Waals surface area contributed by atoms with Crippen LogP contribution in [-0.4, -0.2) is 44.7 Å². The Labute approximate surface area is 173 Å². The molecule has 0 spiro atoms. The van der Waals surface area contributed by atoms with E-state index in [0.29, 0.717) is 21.9 Å². The summed E-state index contributed by atoms with van der Waals surface area (Å²) in [6.07, 6.45) is 0.757. The van der Waals surface area contributed by atoms with Crippen LogP contribution in [0.4, 0.5) is 16.4 Å². The molecule has 29 heavy (non-hydrogen) atoms. The molecule has 2 amide bonds. The van der Waals surface area contributed by atoms with Crippen molar-refractivity contribution >= 4 is 45.5 Å². The molecule has 0 aliphatic carbocycles. The predicted octanol–water partition coefficient (Wildman–Crippen LogP) is 3.12. The molecule has 156 valence electrons. The van der Waals surface area contributed by atoms with Gasteiger partial charge >= 0.3 is 5.97 Å². The third-order valence-electron chi connectivity index (χ3n) is 3.75. The first kappa shape index (κ1) is 22.4. The van der Waals surface area contributed by atoms with Crippen molar-refractivity contribution in [2.75, 3.05) is 42.8 Å². The Balaban J connectivity index is 1.97. The van der Waals surface area contributed by atoms with Gasteiger partial charge in [-0.15, -0.1) is 11.3 Å². The van der Waals surface area contributed by atoms with Gasteiger partial charge in [0.15, 0.2) is 0 Å². The smallest absolute Gasteiger partial charge is 0.341 e. The van der Waals surface area contributed by atoms with Crippen molar-refractivity contribution in [3.63, 3.8) is 0 Å². The third kappa shape index (κ3) is 6.88. The van der Waals surface area contributed by atoms with Gasteiger partial charge in [-0.05, 0) is 37.6 Å². The second kappa shape index (κ2) is 11.2. The Morgan fingerprint density at radius 2 is 1.79 bits per heavy atom. The highest BCUT2D eigenvalue weighted by Gasteiger charge is 2.18. The van der Waals surface area contributed by atoms with E-state index in [1.807, 2.05) is 6.92 Å². The van der Waals surface area contributed by atoms with Crippen LogP contribution in [0.15, 0.2) is 30.3 Å². The van der Waals surface area contributed by atoms with Crippen molar-refractivity contribution in [3.8, 4) is 0 Å². The number of thiophene rings is 1. The molecule has 0 fully saturated rings. The topological polar surface area (TPSA) is 106 Å². The summed E-state index contributed by atoms with van der Waals surface area (Å²) in [5.41, 5.74) is 1.62. The van der Waals surface area contributed by atoms with Crippen LogP contribution in [0.1, 0.15) is 29.1 Å². The average Bonchev–Trinajstić information content (AvgIpc) is 3.10. The number of rotatable bonds is 10. The summed E-state index contributed by atoms with van der Waals surface area (Å²) in [6.45, 7) is 3.94. The highest BCUT2D eigenvalue weighted by molar-refractivity contribution is 7.16. The second-order valence-electron chi connectivity index (χ2n) is 5.99. The number of anilines is 3. The molecule has 1 heterocycles. The number of benzene rings is 1. The van der Waals surface area contributed by atoms with Crippen molar-refractivity contribution in [2.24, 2.45) is 0 Å². The SMILES string of the molecule is CCOC(=O)c1cc(CC)sc1NC(=O)CNc1cccc(NC(=O)COC)c1. The highest BCUT2D eigenvalue weighted by atomic mass is 32.1. The minimum Gasteiger partial charge on any atom is -0.462 e. The summed E-state index contributed by atoms with van der Waals surface area (Å²) < 4.78 is 9.84. The maximum absolute atomic E-state index is 12.4. The van der Waals surface area contributed by atoms with Crippen LogP contribution in [0.5, 0.6) is 0 Å². The molecule has 0 unspecified atom stereocenters. The van der Waals surface area contributed by atoms with Crippen LogP contribution in [-0.2, 0) is 25.5 Å². The maximum atomic E-state index is 12.4. The molecule has 2 rings (SSSR count). The number of hydrogen-bond acceptors (Lipinski definition) is 7. The first-order valence-corrected chi connectivity index (χ1v) is 10.0. The number of esters is 1. The monoisotopic (exact) mass is 419 g/mol. The predicted molar refractivity (Wildman–Crippen MR) is 114 cm³/mol. The van der Waals surface area contributed by atoms with E-state index in [2.05, 4.69) is 16.0 Å². The molecule has 0 radical (unpaired) electrons. The van der Waals surface area contributed by atoms with Gasteiger partial charge in [0, 0.05) is 23.4 Å². The Kier molecular flexibility index (Phi) is 8.63. The molecule has 8 nitrogen and oxygen atoms in total. The second-order valence-corrected chi connectivity index (χ2v) is 7.13. The summed E-state index contributed by atoms with van der Waals surface area (Å²) in [7, 11) is 1.45. The van der Waals surface area contributed by atoms with E-state index in [-0.39, 0.29) is 31.6 Å². The number of carbonyl (C=O) groups excluding carboxylic acids is 3. The third-order valence-corrected chi connectivity index (χ3v) is 4.95. The normalized spacial score (nSPS) is 10.3. The number of ether oxygens (including phenoxy) is 2.